The minimum atomic E-state index is -1.01. The van der Waals surface area contributed by atoms with Crippen LogP contribution in [0.1, 0.15) is 29.9 Å². The maximum atomic E-state index is 12.0. The van der Waals surface area contributed by atoms with E-state index in [1.165, 1.54) is 13.2 Å². The summed E-state index contributed by atoms with van der Waals surface area (Å²) in [7, 11) is 1.50. The number of carboxylic acid groups (broad SMARTS) is 1. The molecule has 0 atom stereocenters. The number of rotatable bonds is 7. The summed E-state index contributed by atoms with van der Waals surface area (Å²) < 4.78 is 6.64. The highest BCUT2D eigenvalue weighted by Gasteiger charge is 2.18. The number of carbonyl (C=O) groups is 2. The second kappa shape index (κ2) is 6.94. The number of aromatic nitrogens is 1. The van der Waals surface area contributed by atoms with Crippen molar-refractivity contribution in [3.8, 4) is 0 Å². The number of aromatic carboxylic acids is 1. The topological polar surface area (TPSA) is 71.8 Å². The van der Waals surface area contributed by atoms with Gasteiger partial charge in [0.1, 0.15) is 6.54 Å². The molecule has 0 saturated carbocycles. The van der Waals surface area contributed by atoms with E-state index >= 15 is 0 Å². The van der Waals surface area contributed by atoms with Crippen molar-refractivity contribution < 1.29 is 19.4 Å². The van der Waals surface area contributed by atoms with Crippen LogP contribution in [0, 0.1) is 0 Å². The van der Waals surface area contributed by atoms with Crippen molar-refractivity contribution in [2.75, 3.05) is 20.2 Å². The fourth-order valence-electron chi connectivity index (χ4n) is 1.97. The molecule has 106 valence electrons. The monoisotopic (exact) mass is 268 g/mol. The van der Waals surface area contributed by atoms with Gasteiger partial charge in [0.25, 0.3) is 0 Å². The maximum Gasteiger partial charge on any atom is 0.337 e. The van der Waals surface area contributed by atoms with Gasteiger partial charge in [0.2, 0.25) is 5.91 Å². The molecule has 6 heteroatoms. The van der Waals surface area contributed by atoms with Crippen molar-refractivity contribution >= 4 is 11.9 Å². The van der Waals surface area contributed by atoms with Gasteiger partial charge >= 0.3 is 5.97 Å². The zero-order valence-corrected chi connectivity index (χ0v) is 11.5. The lowest BCUT2D eigenvalue weighted by Gasteiger charge is -2.19. The number of amides is 1. The minimum absolute atomic E-state index is 0.0325. The van der Waals surface area contributed by atoms with E-state index in [2.05, 4.69) is 0 Å². The number of carbonyl (C=O) groups excluding carboxylic acids is 1. The van der Waals surface area contributed by atoms with E-state index in [0.29, 0.717) is 18.8 Å². The SMILES string of the molecule is CCN(CC)C(=O)Cn1ccc(C(=O)O)c1COC. The molecule has 1 heterocycles. The summed E-state index contributed by atoms with van der Waals surface area (Å²) in [5.74, 6) is -1.05. The van der Waals surface area contributed by atoms with E-state index in [9.17, 15) is 9.59 Å². The van der Waals surface area contributed by atoms with E-state index in [1.54, 1.807) is 15.7 Å². The lowest BCUT2D eigenvalue weighted by Crippen LogP contribution is -2.33. The molecule has 0 aliphatic rings. The van der Waals surface area contributed by atoms with Crippen molar-refractivity contribution in [1.29, 1.82) is 0 Å². The molecule has 0 spiro atoms. The summed E-state index contributed by atoms with van der Waals surface area (Å²) in [6.45, 7) is 5.41. The van der Waals surface area contributed by atoms with Crippen LogP contribution in [0.4, 0.5) is 0 Å². The van der Waals surface area contributed by atoms with Gasteiger partial charge in [-0.3, -0.25) is 4.79 Å². The third-order valence-corrected chi connectivity index (χ3v) is 3.01. The van der Waals surface area contributed by atoms with Gasteiger partial charge in [-0.05, 0) is 19.9 Å². The summed E-state index contributed by atoms with van der Waals surface area (Å²) in [4.78, 5) is 24.8. The summed E-state index contributed by atoms with van der Waals surface area (Å²) >= 11 is 0. The fourth-order valence-corrected chi connectivity index (χ4v) is 1.97. The molecule has 0 bridgehead atoms. The number of likely N-dealkylation sites (N-methyl/N-ethyl adjacent to an activating group) is 1. The number of hydrogen-bond donors (Lipinski definition) is 1. The predicted molar refractivity (Wildman–Crippen MR) is 70.0 cm³/mol. The molecular weight excluding hydrogens is 248 g/mol. The van der Waals surface area contributed by atoms with E-state index in [1.807, 2.05) is 13.8 Å². The molecule has 0 saturated heterocycles. The summed E-state index contributed by atoms with van der Waals surface area (Å²) in [5.41, 5.74) is 0.685. The Morgan fingerprint density at radius 3 is 2.47 bits per heavy atom. The van der Waals surface area contributed by atoms with Crippen LogP contribution in [0.5, 0.6) is 0 Å². The molecule has 0 aliphatic heterocycles. The van der Waals surface area contributed by atoms with Gasteiger partial charge in [0.05, 0.1) is 17.9 Å². The molecule has 0 radical (unpaired) electrons. The van der Waals surface area contributed by atoms with E-state index in [4.69, 9.17) is 9.84 Å². The quantitative estimate of drug-likeness (QED) is 0.806. The summed E-state index contributed by atoms with van der Waals surface area (Å²) in [6, 6.07) is 1.49. The first kappa shape index (κ1) is 15.2. The Kier molecular flexibility index (Phi) is 5.57. The Morgan fingerprint density at radius 2 is 2.00 bits per heavy atom. The van der Waals surface area contributed by atoms with Gasteiger partial charge in [0, 0.05) is 26.4 Å². The molecule has 1 aromatic heterocycles. The van der Waals surface area contributed by atoms with E-state index < -0.39 is 5.97 Å². The Hall–Kier alpha value is -1.82. The Balaban J connectivity index is 2.94. The van der Waals surface area contributed by atoms with Crippen LogP contribution in [0.15, 0.2) is 12.3 Å². The smallest absolute Gasteiger partial charge is 0.337 e. The van der Waals surface area contributed by atoms with Crippen molar-refractivity contribution in [1.82, 2.24) is 9.47 Å². The molecule has 0 aromatic carbocycles. The van der Waals surface area contributed by atoms with Gasteiger partial charge in [-0.1, -0.05) is 0 Å². The normalized spacial score (nSPS) is 10.5. The van der Waals surface area contributed by atoms with Gasteiger partial charge in [-0.15, -0.1) is 0 Å². The zero-order valence-electron chi connectivity index (χ0n) is 11.5. The first-order chi connectivity index (χ1) is 9.04. The average Bonchev–Trinajstić information content (AvgIpc) is 2.74. The van der Waals surface area contributed by atoms with Crippen molar-refractivity contribution in [2.24, 2.45) is 0 Å². The average molecular weight is 268 g/mol. The molecule has 1 amide bonds. The molecule has 0 aliphatic carbocycles. The van der Waals surface area contributed by atoms with Crippen molar-refractivity contribution in [2.45, 2.75) is 27.0 Å². The lowest BCUT2D eigenvalue weighted by atomic mass is 10.2. The molecule has 19 heavy (non-hydrogen) atoms. The van der Waals surface area contributed by atoms with Crippen LogP contribution in [0.2, 0.25) is 0 Å². The largest absolute Gasteiger partial charge is 0.478 e. The predicted octanol–water partition coefficient (Wildman–Crippen LogP) is 1.20. The lowest BCUT2D eigenvalue weighted by molar-refractivity contribution is -0.131. The van der Waals surface area contributed by atoms with Crippen LogP contribution < -0.4 is 0 Å². The highest BCUT2D eigenvalue weighted by atomic mass is 16.5. The molecular formula is C13H20N2O4. The van der Waals surface area contributed by atoms with Crippen LogP contribution >= 0.6 is 0 Å². The second-order valence-electron chi connectivity index (χ2n) is 4.11. The van der Waals surface area contributed by atoms with Gasteiger partial charge in [0.15, 0.2) is 0 Å². The van der Waals surface area contributed by atoms with E-state index in [-0.39, 0.29) is 24.6 Å². The van der Waals surface area contributed by atoms with Crippen LogP contribution in [-0.4, -0.2) is 46.6 Å². The Labute approximate surface area is 112 Å². The van der Waals surface area contributed by atoms with Crippen molar-refractivity contribution in [3.63, 3.8) is 0 Å². The van der Waals surface area contributed by atoms with Gasteiger partial charge in [-0.2, -0.15) is 0 Å². The Morgan fingerprint density at radius 1 is 1.37 bits per heavy atom. The summed E-state index contributed by atoms with van der Waals surface area (Å²) in [6.07, 6.45) is 1.61. The number of hydrogen-bond acceptors (Lipinski definition) is 3. The molecule has 1 rings (SSSR count). The standard InChI is InChI=1S/C13H20N2O4/c1-4-14(5-2)12(16)8-15-7-6-10(13(17)18)11(15)9-19-3/h6-7H,4-5,8-9H2,1-3H3,(H,17,18). The summed E-state index contributed by atoms with van der Waals surface area (Å²) in [5, 5.41) is 9.08. The van der Waals surface area contributed by atoms with Crippen LogP contribution in [-0.2, 0) is 22.7 Å². The molecule has 6 nitrogen and oxygen atoms in total. The van der Waals surface area contributed by atoms with Gasteiger partial charge < -0.3 is 19.3 Å². The molecule has 1 N–H and O–H groups in total. The second-order valence-corrected chi connectivity index (χ2v) is 4.11. The van der Waals surface area contributed by atoms with Gasteiger partial charge in [-0.25, -0.2) is 4.79 Å². The number of carboxylic acids is 1. The highest BCUT2D eigenvalue weighted by molar-refractivity contribution is 5.89. The zero-order chi connectivity index (χ0) is 14.4. The van der Waals surface area contributed by atoms with Crippen LogP contribution in [0.25, 0.3) is 0 Å². The molecule has 1 aromatic rings. The minimum Gasteiger partial charge on any atom is -0.478 e. The Bertz CT molecular complexity index is 449. The molecule has 0 fully saturated rings. The number of methoxy groups -OCH3 is 1. The van der Waals surface area contributed by atoms with E-state index in [0.717, 1.165) is 0 Å². The first-order valence-electron chi connectivity index (χ1n) is 6.23. The first-order valence-corrected chi connectivity index (χ1v) is 6.23. The van der Waals surface area contributed by atoms with Crippen LogP contribution in [0.3, 0.4) is 0 Å². The third kappa shape index (κ3) is 3.57. The molecule has 0 unspecified atom stereocenters. The number of ether oxygens (including phenoxy) is 1. The highest BCUT2D eigenvalue weighted by Crippen LogP contribution is 2.13. The van der Waals surface area contributed by atoms with Crippen molar-refractivity contribution in [3.05, 3.63) is 23.5 Å². The third-order valence-electron chi connectivity index (χ3n) is 3.01. The number of nitrogens with zero attached hydrogens (tertiary/aromatic N) is 2. The fraction of sp³-hybridized carbons (Fsp3) is 0.538. The maximum absolute atomic E-state index is 12.0.